The van der Waals surface area contributed by atoms with Crippen LogP contribution in [0.15, 0.2) is 36.4 Å². The molecule has 0 atom stereocenters. The van der Waals surface area contributed by atoms with Crippen LogP contribution in [-0.2, 0) is 9.47 Å². The maximum Gasteiger partial charge on any atom is 0.167 e. The summed E-state index contributed by atoms with van der Waals surface area (Å²) < 4.78 is 10.9. The van der Waals surface area contributed by atoms with E-state index in [-0.39, 0.29) is 5.92 Å². The summed E-state index contributed by atoms with van der Waals surface area (Å²) in [5.74, 6) is -0.114. The number of benzene rings is 2. The van der Waals surface area contributed by atoms with Crippen molar-refractivity contribution in [1.82, 2.24) is 0 Å². The molecule has 0 spiro atoms. The smallest absolute Gasteiger partial charge is 0.167 e. The highest BCUT2D eigenvalue weighted by Gasteiger charge is 2.38. The van der Waals surface area contributed by atoms with Crippen LogP contribution in [0.4, 0.5) is 0 Å². The van der Waals surface area contributed by atoms with Crippen LogP contribution in [0, 0.1) is 0 Å². The molecule has 3 rings (SSSR count). The second-order valence-corrected chi connectivity index (χ2v) is 5.53. The van der Waals surface area contributed by atoms with E-state index in [1.165, 1.54) is 0 Å². The van der Waals surface area contributed by atoms with Crippen molar-refractivity contribution >= 4 is 23.2 Å². The summed E-state index contributed by atoms with van der Waals surface area (Å²) >= 11 is 12.8. The third-order valence-corrected chi connectivity index (χ3v) is 4.41. The van der Waals surface area contributed by atoms with E-state index in [0.717, 1.165) is 22.3 Å². The molecule has 0 heterocycles. The predicted octanol–water partition coefficient (Wildman–Crippen LogP) is 4.72. The molecule has 2 aromatic rings. The van der Waals surface area contributed by atoms with Gasteiger partial charge in [-0.05, 0) is 34.4 Å². The van der Waals surface area contributed by atoms with Gasteiger partial charge in [0.1, 0.15) is 0 Å². The maximum atomic E-state index is 6.41. The van der Waals surface area contributed by atoms with Crippen LogP contribution in [0.3, 0.4) is 0 Å². The lowest BCUT2D eigenvalue weighted by atomic mass is 9.96. The molecular weight excluding hydrogens is 295 g/mol. The molecule has 0 saturated heterocycles. The Kier molecular flexibility index (Phi) is 3.74. The highest BCUT2D eigenvalue weighted by Crippen LogP contribution is 2.51. The maximum absolute atomic E-state index is 6.41. The highest BCUT2D eigenvalue weighted by atomic mass is 35.5. The zero-order valence-corrected chi connectivity index (χ0v) is 12.7. The quantitative estimate of drug-likeness (QED) is 0.764. The summed E-state index contributed by atoms with van der Waals surface area (Å²) in [4.78, 5) is 0. The molecule has 1 aliphatic rings. The van der Waals surface area contributed by atoms with Crippen molar-refractivity contribution in [1.29, 1.82) is 0 Å². The Morgan fingerprint density at radius 3 is 1.70 bits per heavy atom. The lowest BCUT2D eigenvalue weighted by molar-refractivity contribution is -0.110. The second-order valence-electron chi connectivity index (χ2n) is 4.72. The van der Waals surface area contributed by atoms with Crippen molar-refractivity contribution in [2.45, 2.75) is 12.2 Å². The van der Waals surface area contributed by atoms with Gasteiger partial charge in [0.25, 0.3) is 0 Å². The van der Waals surface area contributed by atoms with E-state index in [1.807, 2.05) is 24.3 Å². The number of ether oxygens (including phenoxy) is 2. The Labute approximate surface area is 128 Å². The zero-order chi connectivity index (χ0) is 14.3. The molecule has 2 nitrogen and oxygen atoms in total. The minimum absolute atomic E-state index is 0.114. The Morgan fingerprint density at radius 2 is 1.30 bits per heavy atom. The minimum atomic E-state index is -0.421. The van der Waals surface area contributed by atoms with Crippen molar-refractivity contribution in [2.24, 2.45) is 0 Å². The molecule has 0 aliphatic heterocycles. The van der Waals surface area contributed by atoms with Crippen LogP contribution in [0.2, 0.25) is 10.0 Å². The molecular formula is C16H14Cl2O2. The number of rotatable bonds is 3. The largest absolute Gasteiger partial charge is 0.355 e. The molecule has 0 amide bonds. The molecule has 0 bridgehead atoms. The van der Waals surface area contributed by atoms with E-state index in [1.54, 1.807) is 14.2 Å². The van der Waals surface area contributed by atoms with E-state index in [4.69, 9.17) is 32.7 Å². The predicted molar refractivity (Wildman–Crippen MR) is 81.5 cm³/mol. The van der Waals surface area contributed by atoms with Crippen LogP contribution < -0.4 is 0 Å². The van der Waals surface area contributed by atoms with Gasteiger partial charge in [-0.1, -0.05) is 47.5 Å². The molecule has 4 heteroatoms. The summed E-state index contributed by atoms with van der Waals surface area (Å²) in [7, 11) is 3.25. The lowest BCUT2D eigenvalue weighted by Gasteiger charge is -2.24. The fraction of sp³-hybridized carbons (Fsp3) is 0.250. The van der Waals surface area contributed by atoms with Gasteiger partial charge in [-0.2, -0.15) is 0 Å². The summed E-state index contributed by atoms with van der Waals surface area (Å²) in [6, 6.07) is 11.8. The van der Waals surface area contributed by atoms with Gasteiger partial charge in [0, 0.05) is 24.3 Å². The van der Waals surface area contributed by atoms with E-state index in [0.29, 0.717) is 10.0 Å². The molecule has 104 valence electrons. The molecule has 2 aromatic carbocycles. The Hall–Kier alpha value is -1.06. The summed E-state index contributed by atoms with van der Waals surface area (Å²) in [5, 5.41) is 1.41. The number of hydrogen-bond donors (Lipinski definition) is 0. The molecule has 1 aliphatic carbocycles. The first-order valence-corrected chi connectivity index (χ1v) is 7.07. The average molecular weight is 309 g/mol. The van der Waals surface area contributed by atoms with Gasteiger partial charge in [0.2, 0.25) is 0 Å². The number of methoxy groups -OCH3 is 2. The van der Waals surface area contributed by atoms with Crippen molar-refractivity contribution in [3.05, 3.63) is 57.6 Å². The summed E-state index contributed by atoms with van der Waals surface area (Å²) in [5.41, 5.74) is 4.23. The van der Waals surface area contributed by atoms with Crippen LogP contribution in [0.25, 0.3) is 11.1 Å². The molecule has 0 unspecified atom stereocenters. The molecule has 0 fully saturated rings. The van der Waals surface area contributed by atoms with Crippen LogP contribution in [0.5, 0.6) is 0 Å². The third kappa shape index (κ3) is 1.95. The van der Waals surface area contributed by atoms with Crippen molar-refractivity contribution in [3.8, 4) is 11.1 Å². The van der Waals surface area contributed by atoms with E-state index in [2.05, 4.69) is 12.1 Å². The van der Waals surface area contributed by atoms with Gasteiger partial charge in [0.05, 0.1) is 5.92 Å². The van der Waals surface area contributed by atoms with Crippen LogP contribution in [-0.4, -0.2) is 20.5 Å². The molecule has 0 saturated carbocycles. The SMILES string of the molecule is COC(OC)C1c2c(Cl)cccc2-c2cccc(Cl)c21. The fourth-order valence-electron chi connectivity index (χ4n) is 2.96. The van der Waals surface area contributed by atoms with Crippen molar-refractivity contribution in [2.75, 3.05) is 14.2 Å². The Morgan fingerprint density at radius 1 is 0.850 bits per heavy atom. The normalized spacial score (nSPS) is 13.7. The zero-order valence-electron chi connectivity index (χ0n) is 11.2. The fourth-order valence-corrected chi connectivity index (χ4v) is 3.55. The van der Waals surface area contributed by atoms with Crippen LogP contribution in [0.1, 0.15) is 17.0 Å². The number of hydrogen-bond acceptors (Lipinski definition) is 2. The van der Waals surface area contributed by atoms with Gasteiger partial charge in [-0.3, -0.25) is 0 Å². The van der Waals surface area contributed by atoms with E-state index >= 15 is 0 Å². The first-order valence-electron chi connectivity index (χ1n) is 6.31. The number of halogens is 2. The van der Waals surface area contributed by atoms with Gasteiger partial charge in [-0.25, -0.2) is 0 Å². The van der Waals surface area contributed by atoms with E-state index in [9.17, 15) is 0 Å². The van der Waals surface area contributed by atoms with Gasteiger partial charge in [-0.15, -0.1) is 0 Å². The summed E-state index contributed by atoms with van der Waals surface area (Å²) in [6.07, 6.45) is -0.421. The van der Waals surface area contributed by atoms with Gasteiger partial charge < -0.3 is 9.47 Å². The molecule has 0 aromatic heterocycles. The van der Waals surface area contributed by atoms with Crippen molar-refractivity contribution in [3.63, 3.8) is 0 Å². The van der Waals surface area contributed by atoms with Crippen LogP contribution >= 0.6 is 23.2 Å². The third-order valence-electron chi connectivity index (χ3n) is 3.75. The molecule has 0 N–H and O–H groups in total. The topological polar surface area (TPSA) is 18.5 Å². The monoisotopic (exact) mass is 308 g/mol. The summed E-state index contributed by atoms with van der Waals surface area (Å²) in [6.45, 7) is 0. The first-order chi connectivity index (χ1) is 9.69. The highest BCUT2D eigenvalue weighted by molar-refractivity contribution is 6.33. The van der Waals surface area contributed by atoms with Crippen molar-refractivity contribution < 1.29 is 9.47 Å². The Balaban J connectivity index is 2.30. The lowest BCUT2D eigenvalue weighted by Crippen LogP contribution is -2.23. The molecule has 0 radical (unpaired) electrons. The first kappa shape index (κ1) is 13.9. The second kappa shape index (κ2) is 5.38. The Bertz CT molecular complexity index is 599. The minimum Gasteiger partial charge on any atom is -0.355 e. The van der Waals surface area contributed by atoms with Gasteiger partial charge in [0.15, 0.2) is 6.29 Å². The molecule has 20 heavy (non-hydrogen) atoms. The van der Waals surface area contributed by atoms with E-state index < -0.39 is 6.29 Å². The standard InChI is InChI=1S/C16H14Cl2O2/c1-19-16(20-2)15-13-9(5-3-7-11(13)17)10-6-4-8-12(18)14(10)15/h3-8,15-16H,1-2H3. The number of fused-ring (bicyclic) bond motifs is 3. The van der Waals surface area contributed by atoms with Gasteiger partial charge >= 0.3 is 0 Å². The average Bonchev–Trinajstić information content (AvgIpc) is 2.78.